The first-order valence-corrected chi connectivity index (χ1v) is 5.40. The van der Waals surface area contributed by atoms with Crippen LogP contribution in [0.4, 0.5) is 22.0 Å². The molecule has 0 saturated heterocycles. The molecule has 0 fully saturated rings. The Morgan fingerprint density at radius 1 is 1.44 bits per heavy atom. The predicted molar refractivity (Wildman–Crippen MR) is 58.3 cm³/mol. The summed E-state index contributed by atoms with van der Waals surface area (Å²) in [6.07, 6.45) is -7.96. The summed E-state index contributed by atoms with van der Waals surface area (Å²) in [5.41, 5.74) is -3.26. The maximum atomic E-state index is 12.7. The summed E-state index contributed by atoms with van der Waals surface area (Å²) in [6, 6.07) is 0.390. The largest absolute Gasteiger partial charge is 0.465 e. The molecule has 1 aromatic rings. The molecule has 0 aliphatic carbocycles. The summed E-state index contributed by atoms with van der Waals surface area (Å²) in [4.78, 5) is 14.3. The van der Waals surface area contributed by atoms with E-state index in [-0.39, 0.29) is 0 Å². The molecule has 0 radical (unpaired) electrons. The molecule has 100 valence electrons. The number of hydrogen-bond donors (Lipinski definition) is 0. The standard InChI is InChI=1S/C9H5F5INO2/c1-18-8(17)3-2-4(6(10)11)16-7(15)5(3)9(12,13)14/h2,6H,1H3. The fraction of sp³-hybridized carbons (Fsp3) is 0.333. The lowest BCUT2D eigenvalue weighted by Crippen LogP contribution is -2.18. The number of carbonyl (C=O) groups excluding carboxylic acids is 1. The van der Waals surface area contributed by atoms with Crippen LogP contribution in [-0.4, -0.2) is 18.1 Å². The van der Waals surface area contributed by atoms with Crippen LogP contribution in [0.1, 0.15) is 28.0 Å². The molecule has 9 heteroatoms. The van der Waals surface area contributed by atoms with Gasteiger partial charge in [0.1, 0.15) is 15.0 Å². The van der Waals surface area contributed by atoms with E-state index in [9.17, 15) is 26.7 Å². The van der Waals surface area contributed by atoms with Crippen molar-refractivity contribution in [2.45, 2.75) is 12.6 Å². The average Bonchev–Trinajstić information content (AvgIpc) is 2.24. The van der Waals surface area contributed by atoms with E-state index < -0.39 is 39.1 Å². The molecule has 0 amide bonds. The zero-order valence-electron chi connectivity index (χ0n) is 8.69. The second-order valence-corrected chi connectivity index (χ2v) is 4.07. The second-order valence-electron chi connectivity index (χ2n) is 3.05. The van der Waals surface area contributed by atoms with Gasteiger partial charge in [-0.2, -0.15) is 13.2 Å². The lowest BCUT2D eigenvalue weighted by atomic mass is 10.1. The Kier molecular flexibility index (Phi) is 4.46. The van der Waals surface area contributed by atoms with E-state index in [1.165, 1.54) is 0 Å². The minimum Gasteiger partial charge on any atom is -0.465 e. The Morgan fingerprint density at radius 2 is 2.00 bits per heavy atom. The van der Waals surface area contributed by atoms with E-state index in [1.54, 1.807) is 0 Å². The van der Waals surface area contributed by atoms with Crippen molar-refractivity contribution < 1.29 is 31.5 Å². The van der Waals surface area contributed by atoms with Gasteiger partial charge in [-0.05, 0) is 28.7 Å². The van der Waals surface area contributed by atoms with E-state index in [2.05, 4.69) is 9.72 Å². The molecule has 1 rings (SSSR count). The highest BCUT2D eigenvalue weighted by Gasteiger charge is 2.39. The van der Waals surface area contributed by atoms with Crippen molar-refractivity contribution in [1.29, 1.82) is 0 Å². The lowest BCUT2D eigenvalue weighted by molar-refractivity contribution is -0.139. The second kappa shape index (κ2) is 5.33. The van der Waals surface area contributed by atoms with Crippen LogP contribution in [0.25, 0.3) is 0 Å². The van der Waals surface area contributed by atoms with Crippen LogP contribution in [0.5, 0.6) is 0 Å². The molecule has 0 aromatic carbocycles. The molecule has 0 aliphatic heterocycles. The first-order chi connectivity index (χ1) is 8.18. The number of hydrogen-bond acceptors (Lipinski definition) is 3. The normalized spacial score (nSPS) is 11.8. The van der Waals surface area contributed by atoms with Crippen molar-refractivity contribution in [3.63, 3.8) is 0 Å². The van der Waals surface area contributed by atoms with Crippen molar-refractivity contribution in [3.8, 4) is 0 Å². The van der Waals surface area contributed by atoms with Gasteiger partial charge in [-0.25, -0.2) is 18.6 Å². The highest BCUT2D eigenvalue weighted by Crippen LogP contribution is 2.36. The maximum absolute atomic E-state index is 12.7. The van der Waals surface area contributed by atoms with Gasteiger partial charge in [0, 0.05) is 0 Å². The molecular formula is C9H5F5INO2. The number of rotatable bonds is 2. The third kappa shape index (κ3) is 3.06. The minimum atomic E-state index is -4.88. The number of esters is 1. The number of alkyl halides is 5. The molecule has 0 spiro atoms. The van der Waals surface area contributed by atoms with Crippen LogP contribution in [0.15, 0.2) is 6.07 Å². The van der Waals surface area contributed by atoms with Crippen LogP contribution in [0.3, 0.4) is 0 Å². The molecule has 0 aliphatic rings. The average molecular weight is 381 g/mol. The number of pyridine rings is 1. The SMILES string of the molecule is COC(=O)c1cc(C(F)F)nc(I)c1C(F)(F)F. The fourth-order valence-corrected chi connectivity index (χ4v) is 2.06. The summed E-state index contributed by atoms with van der Waals surface area (Å²) in [5.74, 6) is -1.34. The number of aromatic nitrogens is 1. The van der Waals surface area contributed by atoms with E-state index in [0.717, 1.165) is 29.7 Å². The molecule has 3 nitrogen and oxygen atoms in total. The van der Waals surface area contributed by atoms with Crippen LogP contribution >= 0.6 is 22.6 Å². The van der Waals surface area contributed by atoms with E-state index in [1.807, 2.05) is 0 Å². The van der Waals surface area contributed by atoms with Crippen molar-refractivity contribution in [2.24, 2.45) is 0 Å². The molecular weight excluding hydrogens is 376 g/mol. The van der Waals surface area contributed by atoms with Crippen molar-refractivity contribution in [2.75, 3.05) is 7.11 Å². The van der Waals surface area contributed by atoms with Gasteiger partial charge in [0.15, 0.2) is 0 Å². The number of halogens is 6. The number of carbonyl (C=O) groups is 1. The zero-order valence-corrected chi connectivity index (χ0v) is 10.8. The summed E-state index contributed by atoms with van der Waals surface area (Å²) in [6.45, 7) is 0. The summed E-state index contributed by atoms with van der Waals surface area (Å²) < 4.78 is 66.4. The number of methoxy groups -OCH3 is 1. The van der Waals surface area contributed by atoms with E-state index in [4.69, 9.17) is 0 Å². The van der Waals surface area contributed by atoms with Gasteiger partial charge in [-0.3, -0.25) is 0 Å². The van der Waals surface area contributed by atoms with Crippen molar-refractivity contribution >= 4 is 28.6 Å². The quantitative estimate of drug-likeness (QED) is 0.341. The number of ether oxygens (including phenoxy) is 1. The van der Waals surface area contributed by atoms with Crippen LogP contribution < -0.4 is 0 Å². The van der Waals surface area contributed by atoms with Gasteiger partial charge < -0.3 is 4.74 Å². The molecule has 18 heavy (non-hydrogen) atoms. The van der Waals surface area contributed by atoms with Gasteiger partial charge in [-0.15, -0.1) is 0 Å². The summed E-state index contributed by atoms with van der Waals surface area (Å²) in [7, 11) is 0.859. The van der Waals surface area contributed by atoms with E-state index in [0.29, 0.717) is 6.07 Å². The fourth-order valence-electron chi connectivity index (χ4n) is 1.19. The third-order valence-electron chi connectivity index (χ3n) is 1.91. The zero-order chi connectivity index (χ0) is 14.1. The summed E-state index contributed by atoms with van der Waals surface area (Å²) >= 11 is 1.15. The van der Waals surface area contributed by atoms with Crippen LogP contribution in [0.2, 0.25) is 0 Å². The Labute approximate surface area is 111 Å². The van der Waals surface area contributed by atoms with Gasteiger partial charge in [-0.1, -0.05) is 0 Å². The Hall–Kier alpha value is -1.00. The Morgan fingerprint density at radius 3 is 2.39 bits per heavy atom. The van der Waals surface area contributed by atoms with Crippen molar-refractivity contribution in [3.05, 3.63) is 26.6 Å². The minimum absolute atomic E-state index is 0.390. The topological polar surface area (TPSA) is 39.2 Å². The smallest absolute Gasteiger partial charge is 0.419 e. The monoisotopic (exact) mass is 381 g/mol. The van der Waals surface area contributed by atoms with Gasteiger partial charge in [0.05, 0.1) is 12.7 Å². The Bertz CT molecular complexity index is 475. The van der Waals surface area contributed by atoms with Crippen LogP contribution in [-0.2, 0) is 10.9 Å². The van der Waals surface area contributed by atoms with Gasteiger partial charge in [0.2, 0.25) is 0 Å². The molecule has 0 saturated carbocycles. The van der Waals surface area contributed by atoms with E-state index >= 15 is 0 Å². The highest BCUT2D eigenvalue weighted by atomic mass is 127. The van der Waals surface area contributed by atoms with Crippen LogP contribution in [0, 0.1) is 3.70 Å². The summed E-state index contributed by atoms with van der Waals surface area (Å²) in [5, 5.41) is 0. The molecule has 0 N–H and O–H groups in total. The lowest BCUT2D eigenvalue weighted by Gasteiger charge is -2.14. The van der Waals surface area contributed by atoms with Gasteiger partial charge in [0.25, 0.3) is 6.43 Å². The first-order valence-electron chi connectivity index (χ1n) is 4.32. The van der Waals surface area contributed by atoms with Gasteiger partial charge >= 0.3 is 12.1 Å². The maximum Gasteiger partial charge on any atom is 0.419 e. The molecule has 0 bridgehead atoms. The Balaban J connectivity index is 3.55. The molecule has 0 atom stereocenters. The molecule has 1 heterocycles. The third-order valence-corrected chi connectivity index (χ3v) is 2.69. The first kappa shape index (κ1) is 15.1. The molecule has 0 unspecified atom stereocenters. The number of nitrogens with zero attached hydrogens (tertiary/aromatic N) is 1. The van der Waals surface area contributed by atoms with Crippen molar-refractivity contribution in [1.82, 2.24) is 4.98 Å². The molecule has 1 aromatic heterocycles. The predicted octanol–water partition coefficient (Wildman–Crippen LogP) is 3.43. The highest BCUT2D eigenvalue weighted by molar-refractivity contribution is 14.1.